The lowest BCUT2D eigenvalue weighted by Gasteiger charge is -2.11. The quantitative estimate of drug-likeness (QED) is 0.704. The van der Waals surface area contributed by atoms with E-state index in [1.54, 1.807) is 12.4 Å². The van der Waals surface area contributed by atoms with Gasteiger partial charge >= 0.3 is 0 Å². The monoisotopic (exact) mass is 347 g/mol. The molecule has 1 fully saturated rings. The molecule has 0 radical (unpaired) electrons. The van der Waals surface area contributed by atoms with E-state index in [1.807, 2.05) is 10.7 Å². The third kappa shape index (κ3) is 3.11. The molecule has 1 atom stereocenters. The summed E-state index contributed by atoms with van der Waals surface area (Å²) in [7, 11) is 0. The first-order valence-corrected chi connectivity index (χ1v) is 8.13. The number of ether oxygens (including phenoxy) is 1. The molecule has 130 valence electrons. The molecule has 25 heavy (non-hydrogen) atoms. The van der Waals surface area contributed by atoms with E-state index in [0.717, 1.165) is 36.5 Å². The van der Waals surface area contributed by atoms with Crippen molar-refractivity contribution in [3.05, 3.63) is 48.0 Å². The van der Waals surface area contributed by atoms with Crippen molar-refractivity contribution in [1.29, 1.82) is 0 Å². The molecular weight excluding hydrogens is 331 g/mol. The fraction of sp³-hybridized carbons (Fsp3) is 0.333. The smallest absolute Gasteiger partial charge is 0.266 e. The van der Waals surface area contributed by atoms with Gasteiger partial charge in [-0.25, -0.2) is 13.2 Å². The Labute approximate surface area is 142 Å². The molecule has 1 aliphatic rings. The van der Waals surface area contributed by atoms with E-state index in [9.17, 15) is 13.2 Å². The van der Waals surface area contributed by atoms with Gasteiger partial charge in [-0.1, -0.05) is 6.07 Å². The molecule has 2 aromatic heterocycles. The summed E-state index contributed by atoms with van der Waals surface area (Å²) >= 11 is 0. The van der Waals surface area contributed by atoms with Crippen LogP contribution in [-0.4, -0.2) is 27.5 Å². The first-order valence-electron chi connectivity index (χ1n) is 8.13. The minimum atomic E-state index is -2.86. The van der Waals surface area contributed by atoms with Crippen LogP contribution in [0, 0.1) is 5.82 Å². The molecule has 1 aromatic carbocycles. The molecule has 1 aliphatic heterocycles. The normalized spacial score (nSPS) is 17.7. The number of aromatic nitrogens is 3. The highest BCUT2D eigenvalue weighted by Gasteiger charge is 2.18. The molecule has 4 rings (SSSR count). The van der Waals surface area contributed by atoms with Crippen LogP contribution in [0.4, 0.5) is 13.2 Å². The minimum absolute atomic E-state index is 0.128. The van der Waals surface area contributed by atoms with Gasteiger partial charge in [-0.05, 0) is 36.6 Å². The molecule has 1 saturated heterocycles. The number of alkyl halides is 2. The van der Waals surface area contributed by atoms with E-state index in [-0.39, 0.29) is 6.10 Å². The van der Waals surface area contributed by atoms with Crippen LogP contribution in [0.2, 0.25) is 0 Å². The Kier molecular flexibility index (Phi) is 4.17. The second-order valence-corrected chi connectivity index (χ2v) is 6.13. The fourth-order valence-corrected chi connectivity index (χ4v) is 3.13. The van der Waals surface area contributed by atoms with Gasteiger partial charge in [-0.3, -0.25) is 9.67 Å². The van der Waals surface area contributed by atoms with E-state index in [0.29, 0.717) is 17.7 Å². The highest BCUT2D eigenvalue weighted by Crippen LogP contribution is 2.29. The highest BCUT2D eigenvalue weighted by molar-refractivity contribution is 5.80. The summed E-state index contributed by atoms with van der Waals surface area (Å²) in [5.41, 5.74) is 2.05. The van der Waals surface area contributed by atoms with Gasteiger partial charge in [0.25, 0.3) is 6.43 Å². The molecule has 1 unspecified atom stereocenters. The van der Waals surface area contributed by atoms with Crippen molar-refractivity contribution in [3.8, 4) is 11.1 Å². The second kappa shape index (κ2) is 6.48. The van der Waals surface area contributed by atoms with Gasteiger partial charge in [0.1, 0.15) is 11.3 Å². The maximum atomic E-state index is 13.5. The van der Waals surface area contributed by atoms with Crippen LogP contribution in [0.5, 0.6) is 0 Å². The summed E-state index contributed by atoms with van der Waals surface area (Å²) < 4.78 is 46.8. The SMILES string of the molecule is Fc1ccc(-c2cnc3cnn(CC4CCCO4)c3c2)cc1C(F)F. The van der Waals surface area contributed by atoms with E-state index >= 15 is 0 Å². The fourth-order valence-electron chi connectivity index (χ4n) is 3.13. The summed E-state index contributed by atoms with van der Waals surface area (Å²) in [6, 6.07) is 5.55. The first-order chi connectivity index (χ1) is 12.1. The maximum absolute atomic E-state index is 13.5. The summed E-state index contributed by atoms with van der Waals surface area (Å²) in [6.07, 6.45) is 2.56. The number of benzene rings is 1. The number of nitrogens with zero attached hydrogens (tertiary/aromatic N) is 3. The summed E-state index contributed by atoms with van der Waals surface area (Å²) in [4.78, 5) is 4.34. The van der Waals surface area contributed by atoms with Crippen molar-refractivity contribution in [1.82, 2.24) is 14.8 Å². The Morgan fingerprint density at radius 3 is 2.84 bits per heavy atom. The van der Waals surface area contributed by atoms with Crippen molar-refractivity contribution < 1.29 is 17.9 Å². The highest BCUT2D eigenvalue weighted by atomic mass is 19.3. The van der Waals surface area contributed by atoms with Crippen LogP contribution < -0.4 is 0 Å². The second-order valence-electron chi connectivity index (χ2n) is 6.13. The molecular formula is C18H16F3N3O. The van der Waals surface area contributed by atoms with Gasteiger partial charge in [0.15, 0.2) is 0 Å². The number of rotatable bonds is 4. The maximum Gasteiger partial charge on any atom is 0.266 e. The van der Waals surface area contributed by atoms with Gasteiger partial charge < -0.3 is 4.74 Å². The number of fused-ring (bicyclic) bond motifs is 1. The number of hydrogen-bond acceptors (Lipinski definition) is 3. The van der Waals surface area contributed by atoms with Crippen LogP contribution in [0.15, 0.2) is 36.7 Å². The predicted octanol–water partition coefficient (Wildman–Crippen LogP) is 4.35. The Balaban J connectivity index is 1.72. The van der Waals surface area contributed by atoms with Gasteiger partial charge in [0.05, 0.1) is 29.9 Å². The third-order valence-electron chi connectivity index (χ3n) is 4.46. The molecule has 0 bridgehead atoms. The van der Waals surface area contributed by atoms with Crippen LogP contribution >= 0.6 is 0 Å². The van der Waals surface area contributed by atoms with Crippen LogP contribution in [-0.2, 0) is 11.3 Å². The molecule has 0 amide bonds. The Hall–Kier alpha value is -2.41. The zero-order valence-corrected chi connectivity index (χ0v) is 13.3. The average molecular weight is 347 g/mol. The predicted molar refractivity (Wildman–Crippen MR) is 86.9 cm³/mol. The molecule has 7 heteroatoms. The Morgan fingerprint density at radius 2 is 2.08 bits per heavy atom. The van der Waals surface area contributed by atoms with Crippen LogP contribution in [0.25, 0.3) is 22.2 Å². The van der Waals surface area contributed by atoms with E-state index in [1.165, 1.54) is 12.1 Å². The summed E-state index contributed by atoms with van der Waals surface area (Å²) in [5, 5.41) is 4.35. The lowest BCUT2D eigenvalue weighted by atomic mass is 10.0. The molecule has 0 N–H and O–H groups in total. The lowest BCUT2D eigenvalue weighted by molar-refractivity contribution is 0.0951. The zero-order chi connectivity index (χ0) is 17.4. The van der Waals surface area contributed by atoms with Gasteiger partial charge in [0.2, 0.25) is 0 Å². The number of pyridine rings is 1. The standard InChI is InChI=1S/C18H16F3N3O/c19-15-4-3-11(6-14(15)18(20)21)12-7-17-16(22-8-12)9-23-24(17)10-13-2-1-5-25-13/h3-4,6-9,13,18H,1-2,5,10H2. The van der Waals surface area contributed by atoms with Crippen molar-refractivity contribution in [2.75, 3.05) is 6.61 Å². The number of halogens is 3. The first kappa shape index (κ1) is 16.1. The summed E-state index contributed by atoms with van der Waals surface area (Å²) in [5.74, 6) is -0.906. The molecule has 0 aliphatic carbocycles. The lowest BCUT2D eigenvalue weighted by Crippen LogP contribution is -2.15. The molecule has 3 aromatic rings. The van der Waals surface area contributed by atoms with Crippen molar-refractivity contribution in [3.63, 3.8) is 0 Å². The largest absolute Gasteiger partial charge is 0.376 e. The Morgan fingerprint density at radius 1 is 1.20 bits per heavy atom. The summed E-state index contributed by atoms with van der Waals surface area (Å²) in [6.45, 7) is 1.39. The van der Waals surface area contributed by atoms with Crippen LogP contribution in [0.1, 0.15) is 24.8 Å². The van der Waals surface area contributed by atoms with Gasteiger partial charge in [0, 0.05) is 18.4 Å². The van der Waals surface area contributed by atoms with E-state index in [4.69, 9.17) is 4.74 Å². The zero-order valence-electron chi connectivity index (χ0n) is 13.3. The topological polar surface area (TPSA) is 39.9 Å². The number of hydrogen-bond donors (Lipinski definition) is 0. The molecule has 0 saturated carbocycles. The van der Waals surface area contributed by atoms with Crippen LogP contribution in [0.3, 0.4) is 0 Å². The van der Waals surface area contributed by atoms with Gasteiger partial charge in [-0.15, -0.1) is 0 Å². The molecule has 4 nitrogen and oxygen atoms in total. The van der Waals surface area contributed by atoms with Crippen molar-refractivity contribution in [2.24, 2.45) is 0 Å². The van der Waals surface area contributed by atoms with Crippen molar-refractivity contribution >= 4 is 11.0 Å². The van der Waals surface area contributed by atoms with E-state index < -0.39 is 17.8 Å². The van der Waals surface area contributed by atoms with Crippen molar-refractivity contribution in [2.45, 2.75) is 31.9 Å². The third-order valence-corrected chi connectivity index (χ3v) is 4.46. The molecule has 3 heterocycles. The Bertz CT molecular complexity index is 904. The van der Waals surface area contributed by atoms with Gasteiger partial charge in [-0.2, -0.15) is 5.10 Å². The minimum Gasteiger partial charge on any atom is -0.376 e. The average Bonchev–Trinajstić information content (AvgIpc) is 3.25. The molecule has 0 spiro atoms. The van der Waals surface area contributed by atoms with E-state index in [2.05, 4.69) is 10.1 Å².